The van der Waals surface area contributed by atoms with Gasteiger partial charge in [-0.15, -0.1) is 0 Å². The SMILES string of the molecule is C[Si]1(C)O[SiH2]O[Si](c2ccccc2)(c2ccccc2)O[Si](C)(C)O1. The van der Waals surface area contributed by atoms with Crippen molar-refractivity contribution in [3.63, 3.8) is 0 Å². The molecule has 0 unspecified atom stereocenters. The van der Waals surface area contributed by atoms with E-state index in [1.165, 1.54) is 0 Å². The topological polar surface area (TPSA) is 36.9 Å². The Kier molecular flexibility index (Phi) is 5.09. The van der Waals surface area contributed by atoms with Crippen molar-refractivity contribution in [2.45, 2.75) is 26.2 Å². The van der Waals surface area contributed by atoms with Gasteiger partial charge in [-0.05, 0) is 36.6 Å². The van der Waals surface area contributed by atoms with Crippen LogP contribution in [-0.2, 0) is 16.5 Å². The van der Waals surface area contributed by atoms with Crippen molar-refractivity contribution >= 4 is 46.1 Å². The third-order valence-corrected chi connectivity index (χ3v) is 18.4. The van der Waals surface area contributed by atoms with Crippen LogP contribution >= 0.6 is 0 Å². The summed E-state index contributed by atoms with van der Waals surface area (Å²) < 4.78 is 25.8. The van der Waals surface area contributed by atoms with Crippen LogP contribution in [0.5, 0.6) is 0 Å². The summed E-state index contributed by atoms with van der Waals surface area (Å²) in [6.07, 6.45) is 0. The molecule has 0 N–H and O–H groups in total. The molecular weight excluding hydrogens is 369 g/mol. The quantitative estimate of drug-likeness (QED) is 0.730. The highest BCUT2D eigenvalue weighted by Gasteiger charge is 2.51. The van der Waals surface area contributed by atoms with Crippen LogP contribution in [0, 0.1) is 0 Å². The first-order valence-corrected chi connectivity index (χ1v) is 16.7. The highest BCUT2D eigenvalue weighted by molar-refractivity contribution is 7.00. The zero-order valence-corrected chi connectivity index (χ0v) is 19.0. The van der Waals surface area contributed by atoms with E-state index in [1.807, 2.05) is 36.4 Å². The van der Waals surface area contributed by atoms with Gasteiger partial charge in [0.05, 0.1) is 0 Å². The Morgan fingerprint density at radius 3 is 1.62 bits per heavy atom. The summed E-state index contributed by atoms with van der Waals surface area (Å²) in [6.45, 7) is 8.33. The van der Waals surface area contributed by atoms with Crippen molar-refractivity contribution in [1.82, 2.24) is 0 Å². The van der Waals surface area contributed by atoms with Gasteiger partial charge in [0.25, 0.3) is 10.0 Å². The van der Waals surface area contributed by atoms with Crippen LogP contribution in [0.4, 0.5) is 0 Å². The van der Waals surface area contributed by atoms with E-state index in [9.17, 15) is 0 Å². The molecule has 0 spiro atoms. The Labute approximate surface area is 149 Å². The van der Waals surface area contributed by atoms with Crippen molar-refractivity contribution in [2.24, 2.45) is 0 Å². The van der Waals surface area contributed by atoms with E-state index in [4.69, 9.17) is 16.5 Å². The lowest BCUT2D eigenvalue weighted by atomic mass is 10.4. The maximum Gasteiger partial charge on any atom is 0.389 e. The van der Waals surface area contributed by atoms with E-state index >= 15 is 0 Å². The maximum atomic E-state index is 6.80. The molecule has 2 aromatic carbocycles. The fraction of sp³-hybridized carbons (Fsp3) is 0.250. The third-order valence-electron chi connectivity index (χ3n) is 3.86. The number of benzene rings is 2. The molecule has 0 aliphatic carbocycles. The molecule has 0 radical (unpaired) electrons. The summed E-state index contributed by atoms with van der Waals surface area (Å²) in [5.74, 6) is 0. The van der Waals surface area contributed by atoms with Crippen LogP contribution in [0.25, 0.3) is 0 Å². The number of hydrogen-bond donors (Lipinski definition) is 0. The van der Waals surface area contributed by atoms with Gasteiger partial charge >= 0.3 is 25.7 Å². The molecule has 2 aromatic rings. The van der Waals surface area contributed by atoms with Gasteiger partial charge in [0.1, 0.15) is 0 Å². The molecule has 0 saturated carbocycles. The summed E-state index contributed by atoms with van der Waals surface area (Å²) in [6, 6.07) is 20.6. The minimum absolute atomic E-state index is 1.11. The number of rotatable bonds is 2. The summed E-state index contributed by atoms with van der Waals surface area (Å²) in [7, 11) is -8.61. The first-order valence-electron chi connectivity index (χ1n) is 8.12. The smallest absolute Gasteiger partial charge is 0.389 e. The van der Waals surface area contributed by atoms with Crippen LogP contribution in [0.15, 0.2) is 60.7 Å². The zero-order chi connectivity index (χ0) is 17.3. The lowest BCUT2D eigenvalue weighted by Crippen LogP contribution is -2.71. The average molecular weight is 393 g/mol. The van der Waals surface area contributed by atoms with E-state index in [1.54, 1.807) is 0 Å². The standard InChI is InChI=1S/C16H24O4Si4/c1-22(2)17-21-18-24(20-23(3,4)19-22,15-11-7-5-8-12-15)16-13-9-6-10-14-16/h5-14H,21H2,1-4H3. The van der Waals surface area contributed by atoms with Crippen molar-refractivity contribution in [1.29, 1.82) is 0 Å². The Morgan fingerprint density at radius 1 is 0.625 bits per heavy atom. The predicted molar refractivity (Wildman–Crippen MR) is 106 cm³/mol. The molecule has 1 aliphatic rings. The molecule has 0 aromatic heterocycles. The average Bonchev–Trinajstić information content (AvgIpc) is 2.53. The van der Waals surface area contributed by atoms with Gasteiger partial charge in [0.15, 0.2) is 0 Å². The molecule has 4 nitrogen and oxygen atoms in total. The fourth-order valence-electron chi connectivity index (χ4n) is 3.04. The largest absolute Gasteiger partial charge is 0.420 e. The Morgan fingerprint density at radius 2 is 1.12 bits per heavy atom. The maximum absolute atomic E-state index is 6.80. The summed E-state index contributed by atoms with van der Waals surface area (Å²) in [5.41, 5.74) is 0. The second-order valence-corrected chi connectivity index (χ2v) is 18.9. The first kappa shape index (κ1) is 18.0. The third kappa shape index (κ3) is 3.86. The molecule has 1 fully saturated rings. The molecular formula is C16H24O4Si4. The normalized spacial score (nSPS) is 23.3. The monoisotopic (exact) mass is 392 g/mol. The molecule has 1 heterocycles. The predicted octanol–water partition coefficient (Wildman–Crippen LogP) is 1.73. The van der Waals surface area contributed by atoms with Crippen molar-refractivity contribution in [2.75, 3.05) is 0 Å². The molecule has 0 atom stereocenters. The van der Waals surface area contributed by atoms with Crippen LogP contribution in [0.3, 0.4) is 0 Å². The summed E-state index contributed by atoms with van der Waals surface area (Å²) in [4.78, 5) is 0. The van der Waals surface area contributed by atoms with Gasteiger partial charge in [-0.1, -0.05) is 60.7 Å². The van der Waals surface area contributed by atoms with Gasteiger partial charge in [-0.2, -0.15) is 0 Å². The minimum Gasteiger partial charge on any atom is -0.420 e. The second kappa shape index (κ2) is 6.81. The van der Waals surface area contributed by atoms with Gasteiger partial charge in [0, 0.05) is 0 Å². The van der Waals surface area contributed by atoms with Crippen LogP contribution in [0.1, 0.15) is 0 Å². The first-order chi connectivity index (χ1) is 11.3. The van der Waals surface area contributed by atoms with Gasteiger partial charge in [0.2, 0.25) is 0 Å². The molecule has 0 amide bonds. The van der Waals surface area contributed by atoms with Gasteiger partial charge in [-0.3, -0.25) is 0 Å². The Balaban J connectivity index is 2.11. The van der Waals surface area contributed by atoms with Gasteiger partial charge < -0.3 is 16.5 Å². The van der Waals surface area contributed by atoms with Crippen LogP contribution < -0.4 is 10.4 Å². The van der Waals surface area contributed by atoms with E-state index in [0.717, 1.165) is 10.4 Å². The van der Waals surface area contributed by atoms with E-state index in [-0.39, 0.29) is 0 Å². The van der Waals surface area contributed by atoms with Crippen molar-refractivity contribution < 1.29 is 16.5 Å². The second-order valence-electron chi connectivity index (χ2n) is 6.76. The lowest BCUT2D eigenvalue weighted by Gasteiger charge is -2.43. The van der Waals surface area contributed by atoms with E-state index in [2.05, 4.69) is 50.5 Å². The number of hydrogen-bond acceptors (Lipinski definition) is 4. The molecule has 0 bridgehead atoms. The summed E-state index contributed by atoms with van der Waals surface area (Å²) >= 11 is 0. The van der Waals surface area contributed by atoms with Crippen LogP contribution in [0.2, 0.25) is 26.2 Å². The minimum atomic E-state index is -2.82. The highest BCUT2D eigenvalue weighted by Crippen LogP contribution is 2.24. The molecule has 1 aliphatic heterocycles. The van der Waals surface area contributed by atoms with Crippen molar-refractivity contribution in [3.05, 3.63) is 60.7 Å². The molecule has 3 rings (SSSR count). The lowest BCUT2D eigenvalue weighted by molar-refractivity contribution is 0.269. The van der Waals surface area contributed by atoms with E-state index < -0.39 is 35.7 Å². The van der Waals surface area contributed by atoms with E-state index in [0.29, 0.717) is 0 Å². The highest BCUT2D eigenvalue weighted by atomic mass is 28.5. The molecule has 8 heteroatoms. The zero-order valence-electron chi connectivity index (χ0n) is 14.6. The Bertz CT molecular complexity index is 639. The molecule has 128 valence electrons. The van der Waals surface area contributed by atoms with Crippen molar-refractivity contribution in [3.8, 4) is 0 Å². The summed E-state index contributed by atoms with van der Waals surface area (Å²) in [5, 5.41) is 2.22. The van der Waals surface area contributed by atoms with Gasteiger partial charge in [-0.25, -0.2) is 0 Å². The van der Waals surface area contributed by atoms with Crippen LogP contribution in [-0.4, -0.2) is 35.7 Å². The molecule has 1 saturated heterocycles. The fourth-order valence-corrected chi connectivity index (χ4v) is 19.1. The Hall–Kier alpha value is -0.852. The molecule has 24 heavy (non-hydrogen) atoms.